The maximum atomic E-state index is 11.8. The van der Waals surface area contributed by atoms with Crippen LogP contribution in [0.5, 0.6) is 0 Å². The van der Waals surface area contributed by atoms with E-state index in [1.807, 2.05) is 6.07 Å². The lowest BCUT2D eigenvalue weighted by Gasteiger charge is -2.19. The van der Waals surface area contributed by atoms with E-state index >= 15 is 0 Å². The standard InChI is InChI=1S/C15H25N3O3S/c1-3-4-5-10-17-15(19)8-11-18(22(2,20)21)13-14-7-6-9-16-12-14/h6-7,9,12H,3-5,8,10-11,13H2,1-2H3,(H,17,19). The van der Waals surface area contributed by atoms with Crippen LogP contribution in [0.15, 0.2) is 24.5 Å². The maximum Gasteiger partial charge on any atom is 0.221 e. The van der Waals surface area contributed by atoms with Gasteiger partial charge in [-0.15, -0.1) is 0 Å². The second-order valence-corrected chi connectivity index (χ2v) is 7.25. The van der Waals surface area contributed by atoms with Gasteiger partial charge in [-0.25, -0.2) is 8.42 Å². The molecule has 1 heterocycles. The molecule has 0 bridgehead atoms. The van der Waals surface area contributed by atoms with Gasteiger partial charge >= 0.3 is 0 Å². The van der Waals surface area contributed by atoms with Gasteiger partial charge in [0.2, 0.25) is 15.9 Å². The molecule has 0 aromatic carbocycles. The average molecular weight is 327 g/mol. The summed E-state index contributed by atoms with van der Waals surface area (Å²) in [5.74, 6) is -0.115. The van der Waals surface area contributed by atoms with E-state index < -0.39 is 10.0 Å². The summed E-state index contributed by atoms with van der Waals surface area (Å²) in [6, 6.07) is 3.58. The third kappa shape index (κ3) is 7.51. The molecule has 0 aliphatic rings. The van der Waals surface area contributed by atoms with Crippen LogP contribution in [-0.2, 0) is 21.4 Å². The van der Waals surface area contributed by atoms with Gasteiger partial charge in [0.1, 0.15) is 0 Å². The number of carbonyl (C=O) groups excluding carboxylic acids is 1. The summed E-state index contributed by atoms with van der Waals surface area (Å²) in [6.07, 6.45) is 7.72. The molecule has 0 atom stereocenters. The Bertz CT molecular complexity index is 546. The number of sulfonamides is 1. The molecular formula is C15H25N3O3S. The third-order valence-electron chi connectivity index (χ3n) is 3.24. The molecule has 0 spiro atoms. The van der Waals surface area contributed by atoms with Crippen molar-refractivity contribution in [3.63, 3.8) is 0 Å². The normalized spacial score (nSPS) is 11.6. The van der Waals surface area contributed by atoms with Gasteiger partial charge in [0.15, 0.2) is 0 Å². The quantitative estimate of drug-likeness (QED) is 0.661. The molecule has 0 saturated carbocycles. The highest BCUT2D eigenvalue weighted by Gasteiger charge is 2.18. The van der Waals surface area contributed by atoms with Gasteiger partial charge in [0.25, 0.3) is 0 Å². The molecule has 0 aliphatic carbocycles. The molecule has 0 saturated heterocycles. The summed E-state index contributed by atoms with van der Waals surface area (Å²) in [6.45, 7) is 3.15. The van der Waals surface area contributed by atoms with Crippen molar-refractivity contribution in [1.29, 1.82) is 0 Å². The fraction of sp³-hybridized carbons (Fsp3) is 0.600. The Labute approximate surface area is 133 Å². The summed E-state index contributed by atoms with van der Waals surface area (Å²) in [7, 11) is -3.36. The Morgan fingerprint density at radius 1 is 1.36 bits per heavy atom. The minimum absolute atomic E-state index is 0.115. The van der Waals surface area contributed by atoms with Crippen LogP contribution in [0.4, 0.5) is 0 Å². The zero-order chi connectivity index (χ0) is 16.4. The molecule has 124 valence electrons. The van der Waals surface area contributed by atoms with Crippen LogP contribution in [-0.4, -0.2) is 43.0 Å². The van der Waals surface area contributed by atoms with Crippen molar-refractivity contribution in [1.82, 2.24) is 14.6 Å². The molecule has 0 fully saturated rings. The molecule has 0 unspecified atom stereocenters. The van der Waals surface area contributed by atoms with E-state index in [1.54, 1.807) is 18.5 Å². The fourth-order valence-corrected chi connectivity index (χ4v) is 2.78. The van der Waals surface area contributed by atoms with Crippen molar-refractivity contribution in [2.45, 2.75) is 39.2 Å². The van der Waals surface area contributed by atoms with Crippen molar-refractivity contribution in [2.24, 2.45) is 0 Å². The van der Waals surface area contributed by atoms with Crippen LogP contribution >= 0.6 is 0 Å². The van der Waals surface area contributed by atoms with Crippen LogP contribution in [0.1, 0.15) is 38.2 Å². The van der Waals surface area contributed by atoms with Crippen molar-refractivity contribution in [3.8, 4) is 0 Å². The van der Waals surface area contributed by atoms with Crippen LogP contribution in [0.3, 0.4) is 0 Å². The Hall–Kier alpha value is -1.47. The maximum absolute atomic E-state index is 11.8. The number of hydrogen-bond acceptors (Lipinski definition) is 4. The molecule has 6 nitrogen and oxygen atoms in total. The molecule has 0 aliphatic heterocycles. The molecular weight excluding hydrogens is 302 g/mol. The first kappa shape index (κ1) is 18.6. The highest BCUT2D eigenvalue weighted by Crippen LogP contribution is 2.08. The number of hydrogen-bond donors (Lipinski definition) is 1. The number of carbonyl (C=O) groups is 1. The van der Waals surface area contributed by atoms with Crippen molar-refractivity contribution in [3.05, 3.63) is 30.1 Å². The van der Waals surface area contributed by atoms with Gasteiger partial charge in [0, 0.05) is 38.4 Å². The number of pyridine rings is 1. The van der Waals surface area contributed by atoms with Gasteiger partial charge in [-0.05, 0) is 18.1 Å². The van der Waals surface area contributed by atoms with Gasteiger partial charge in [-0.2, -0.15) is 4.31 Å². The highest BCUT2D eigenvalue weighted by molar-refractivity contribution is 7.88. The predicted octanol–water partition coefficient (Wildman–Crippen LogP) is 1.54. The van der Waals surface area contributed by atoms with Gasteiger partial charge < -0.3 is 5.32 Å². The third-order valence-corrected chi connectivity index (χ3v) is 4.49. The largest absolute Gasteiger partial charge is 0.356 e. The first-order valence-corrected chi connectivity index (χ1v) is 9.39. The van der Waals surface area contributed by atoms with Crippen molar-refractivity contribution >= 4 is 15.9 Å². The van der Waals surface area contributed by atoms with Gasteiger partial charge in [0.05, 0.1) is 6.26 Å². The lowest BCUT2D eigenvalue weighted by atomic mass is 10.2. The summed E-state index contributed by atoms with van der Waals surface area (Å²) in [5.41, 5.74) is 0.802. The van der Waals surface area contributed by atoms with E-state index in [1.165, 1.54) is 4.31 Å². The first-order valence-electron chi connectivity index (χ1n) is 7.54. The Kier molecular flexibility index (Phi) is 8.05. The number of aromatic nitrogens is 1. The minimum atomic E-state index is -3.36. The van der Waals surface area contributed by atoms with Crippen LogP contribution < -0.4 is 5.32 Å². The monoisotopic (exact) mass is 327 g/mol. The second kappa shape index (κ2) is 9.53. The number of nitrogens with zero attached hydrogens (tertiary/aromatic N) is 2. The highest BCUT2D eigenvalue weighted by atomic mass is 32.2. The molecule has 7 heteroatoms. The van der Waals surface area contributed by atoms with E-state index in [0.717, 1.165) is 31.1 Å². The molecule has 1 aromatic rings. The minimum Gasteiger partial charge on any atom is -0.356 e. The lowest BCUT2D eigenvalue weighted by Crippen LogP contribution is -2.34. The van der Waals surface area contributed by atoms with E-state index in [0.29, 0.717) is 6.54 Å². The number of nitrogens with one attached hydrogen (secondary N) is 1. The predicted molar refractivity (Wildman–Crippen MR) is 86.6 cm³/mol. The van der Waals surface area contributed by atoms with Crippen LogP contribution in [0.25, 0.3) is 0 Å². The van der Waals surface area contributed by atoms with Crippen molar-refractivity contribution in [2.75, 3.05) is 19.3 Å². The molecule has 22 heavy (non-hydrogen) atoms. The molecule has 1 aromatic heterocycles. The summed E-state index contributed by atoms with van der Waals surface area (Å²) in [4.78, 5) is 15.7. The zero-order valence-corrected chi connectivity index (χ0v) is 14.1. The first-order chi connectivity index (χ1) is 10.4. The van der Waals surface area contributed by atoms with Gasteiger partial charge in [-0.3, -0.25) is 9.78 Å². The topological polar surface area (TPSA) is 79.4 Å². The Balaban J connectivity index is 2.48. The Morgan fingerprint density at radius 3 is 2.73 bits per heavy atom. The Morgan fingerprint density at radius 2 is 2.14 bits per heavy atom. The van der Waals surface area contributed by atoms with Crippen LogP contribution in [0, 0.1) is 0 Å². The number of unbranched alkanes of at least 4 members (excludes halogenated alkanes) is 2. The molecule has 0 radical (unpaired) electrons. The van der Waals surface area contributed by atoms with E-state index in [-0.39, 0.29) is 25.4 Å². The van der Waals surface area contributed by atoms with E-state index in [4.69, 9.17) is 0 Å². The molecule has 1 amide bonds. The summed E-state index contributed by atoms with van der Waals surface area (Å²) >= 11 is 0. The number of rotatable bonds is 10. The molecule has 1 N–H and O–H groups in total. The van der Waals surface area contributed by atoms with E-state index in [2.05, 4.69) is 17.2 Å². The van der Waals surface area contributed by atoms with Crippen molar-refractivity contribution < 1.29 is 13.2 Å². The average Bonchev–Trinajstić information content (AvgIpc) is 2.48. The summed E-state index contributed by atoms with van der Waals surface area (Å²) < 4.78 is 24.9. The fourth-order valence-electron chi connectivity index (χ4n) is 1.97. The zero-order valence-electron chi connectivity index (χ0n) is 13.3. The SMILES string of the molecule is CCCCCNC(=O)CCN(Cc1cccnc1)S(C)(=O)=O. The van der Waals surface area contributed by atoms with Gasteiger partial charge in [-0.1, -0.05) is 25.8 Å². The second-order valence-electron chi connectivity index (χ2n) is 5.26. The van der Waals surface area contributed by atoms with Crippen LogP contribution in [0.2, 0.25) is 0 Å². The molecule has 1 rings (SSSR count). The smallest absolute Gasteiger partial charge is 0.221 e. The summed E-state index contributed by atoms with van der Waals surface area (Å²) in [5, 5.41) is 2.82. The number of amides is 1. The van der Waals surface area contributed by atoms with E-state index in [9.17, 15) is 13.2 Å². The lowest BCUT2D eigenvalue weighted by molar-refractivity contribution is -0.121.